The van der Waals surface area contributed by atoms with Gasteiger partial charge in [0.2, 0.25) is 5.78 Å². The maximum atomic E-state index is 12.6. The van der Waals surface area contributed by atoms with Crippen molar-refractivity contribution in [3.8, 4) is 0 Å². The molecule has 0 atom stereocenters. The number of carbonyl (C=O) groups is 1. The van der Waals surface area contributed by atoms with Crippen molar-refractivity contribution in [2.24, 2.45) is 0 Å². The molecule has 0 bridgehead atoms. The van der Waals surface area contributed by atoms with Crippen molar-refractivity contribution < 1.29 is 4.79 Å². The minimum absolute atomic E-state index is 0.129. The Hall–Kier alpha value is -1.45. The fourth-order valence-corrected chi connectivity index (χ4v) is 4.37. The van der Waals surface area contributed by atoms with E-state index in [4.69, 9.17) is 0 Å². The van der Waals surface area contributed by atoms with E-state index in [0.717, 1.165) is 16.9 Å². The molecule has 21 heavy (non-hydrogen) atoms. The van der Waals surface area contributed by atoms with E-state index in [1.165, 1.54) is 15.0 Å². The molecule has 2 heterocycles. The Kier molecular flexibility index (Phi) is 3.72. The van der Waals surface area contributed by atoms with Crippen molar-refractivity contribution in [2.45, 2.75) is 32.6 Å². The Balaban J connectivity index is 1.90. The second kappa shape index (κ2) is 5.39. The van der Waals surface area contributed by atoms with Crippen LogP contribution >= 0.6 is 22.7 Å². The van der Waals surface area contributed by atoms with Gasteiger partial charge in [0.05, 0.1) is 4.88 Å². The molecule has 3 heteroatoms. The summed E-state index contributed by atoms with van der Waals surface area (Å²) in [4.78, 5) is 13.4. The summed E-state index contributed by atoms with van der Waals surface area (Å²) in [5.74, 6) is 0.129. The summed E-state index contributed by atoms with van der Waals surface area (Å²) in [6.07, 6.45) is 1.08. The van der Waals surface area contributed by atoms with Crippen LogP contribution in [-0.2, 0) is 5.41 Å². The lowest BCUT2D eigenvalue weighted by molar-refractivity contribution is 0.104. The fourth-order valence-electron chi connectivity index (χ4n) is 2.30. The monoisotopic (exact) mass is 314 g/mol. The van der Waals surface area contributed by atoms with Crippen LogP contribution in [0.1, 0.15) is 48.0 Å². The zero-order valence-corrected chi connectivity index (χ0v) is 14.1. The average molecular weight is 314 g/mol. The van der Waals surface area contributed by atoms with Crippen LogP contribution in [0.3, 0.4) is 0 Å². The summed E-state index contributed by atoms with van der Waals surface area (Å²) >= 11 is 3.27. The highest BCUT2D eigenvalue weighted by atomic mass is 32.1. The van der Waals surface area contributed by atoms with E-state index in [9.17, 15) is 4.79 Å². The molecule has 0 N–H and O–H groups in total. The maximum Gasteiger partial charge on any atom is 0.203 e. The van der Waals surface area contributed by atoms with Crippen LogP contribution in [0.15, 0.2) is 41.8 Å². The molecule has 0 radical (unpaired) electrons. The Morgan fingerprint density at radius 2 is 1.81 bits per heavy atom. The Labute approximate surface area is 133 Å². The largest absolute Gasteiger partial charge is 0.288 e. The van der Waals surface area contributed by atoms with Crippen molar-refractivity contribution in [3.05, 3.63) is 57.8 Å². The highest BCUT2D eigenvalue weighted by molar-refractivity contribution is 7.28. The SMILES string of the molecule is CCC(C)(C)c1ccc(C(=O)c2cc3sccc3s2)cc1. The molecular weight excluding hydrogens is 296 g/mol. The standard InChI is InChI=1S/C18H18OS2/c1-4-18(2,3)13-7-5-12(6-8-13)17(19)16-11-15-14(21-16)9-10-20-15/h5-11H,4H2,1-3H3. The molecular formula is C18H18OS2. The number of fused-ring (bicyclic) bond motifs is 1. The number of benzene rings is 1. The molecule has 3 rings (SSSR count). The molecule has 108 valence electrons. The first kappa shape index (κ1) is 14.5. The fraction of sp³-hybridized carbons (Fsp3) is 0.278. The molecule has 3 aromatic rings. The lowest BCUT2D eigenvalue weighted by Crippen LogP contribution is -2.15. The number of hydrogen-bond acceptors (Lipinski definition) is 3. The van der Waals surface area contributed by atoms with Crippen LogP contribution in [0.5, 0.6) is 0 Å². The molecule has 0 amide bonds. The molecule has 0 saturated heterocycles. The van der Waals surface area contributed by atoms with Gasteiger partial charge < -0.3 is 0 Å². The van der Waals surface area contributed by atoms with E-state index in [1.807, 2.05) is 18.2 Å². The minimum Gasteiger partial charge on any atom is -0.288 e. The van der Waals surface area contributed by atoms with E-state index in [2.05, 4.69) is 44.4 Å². The first-order valence-corrected chi connectivity index (χ1v) is 8.83. The molecule has 0 fully saturated rings. The van der Waals surface area contributed by atoms with Crippen LogP contribution in [0, 0.1) is 0 Å². The highest BCUT2D eigenvalue weighted by Crippen LogP contribution is 2.32. The molecule has 0 unspecified atom stereocenters. The summed E-state index contributed by atoms with van der Waals surface area (Å²) in [5, 5.41) is 2.07. The van der Waals surface area contributed by atoms with Crippen LogP contribution < -0.4 is 0 Å². The quantitative estimate of drug-likeness (QED) is 0.549. The van der Waals surface area contributed by atoms with Crippen LogP contribution in [0.25, 0.3) is 9.40 Å². The second-order valence-corrected chi connectivity index (χ2v) is 7.94. The molecule has 0 saturated carbocycles. The first-order chi connectivity index (χ1) is 10.0. The lowest BCUT2D eigenvalue weighted by Gasteiger charge is -2.23. The highest BCUT2D eigenvalue weighted by Gasteiger charge is 2.19. The molecule has 2 aromatic heterocycles. The zero-order chi connectivity index (χ0) is 15.0. The molecule has 1 nitrogen and oxygen atoms in total. The number of hydrogen-bond donors (Lipinski definition) is 0. The average Bonchev–Trinajstić information content (AvgIpc) is 3.08. The van der Waals surface area contributed by atoms with Gasteiger partial charge in [0.15, 0.2) is 0 Å². The number of carbonyl (C=O) groups excluding carboxylic acids is 1. The van der Waals surface area contributed by atoms with Gasteiger partial charge in [0.1, 0.15) is 0 Å². The second-order valence-electron chi connectivity index (χ2n) is 5.90. The van der Waals surface area contributed by atoms with Crippen LogP contribution in [0.4, 0.5) is 0 Å². The third kappa shape index (κ3) is 2.68. The Morgan fingerprint density at radius 1 is 1.10 bits per heavy atom. The zero-order valence-electron chi connectivity index (χ0n) is 12.5. The van der Waals surface area contributed by atoms with Gasteiger partial charge in [0.25, 0.3) is 0 Å². The van der Waals surface area contributed by atoms with E-state index < -0.39 is 0 Å². The molecule has 0 spiro atoms. The van der Waals surface area contributed by atoms with Gasteiger partial charge in [-0.2, -0.15) is 0 Å². The molecule has 0 aliphatic heterocycles. The van der Waals surface area contributed by atoms with Gasteiger partial charge >= 0.3 is 0 Å². The van der Waals surface area contributed by atoms with Gasteiger partial charge in [-0.25, -0.2) is 0 Å². The van der Waals surface area contributed by atoms with E-state index in [1.54, 1.807) is 22.7 Å². The summed E-state index contributed by atoms with van der Waals surface area (Å²) in [6.45, 7) is 6.66. The van der Waals surface area contributed by atoms with E-state index in [-0.39, 0.29) is 11.2 Å². The summed E-state index contributed by atoms with van der Waals surface area (Å²) in [5.41, 5.74) is 2.22. The van der Waals surface area contributed by atoms with Gasteiger partial charge in [0, 0.05) is 15.0 Å². The maximum absolute atomic E-state index is 12.6. The van der Waals surface area contributed by atoms with Crippen LogP contribution in [-0.4, -0.2) is 5.78 Å². The Bertz CT molecular complexity index is 747. The number of rotatable bonds is 4. The summed E-state index contributed by atoms with van der Waals surface area (Å²) in [7, 11) is 0. The third-order valence-corrected chi connectivity index (χ3v) is 6.27. The van der Waals surface area contributed by atoms with Crippen molar-refractivity contribution in [1.82, 2.24) is 0 Å². The predicted molar refractivity (Wildman–Crippen MR) is 92.9 cm³/mol. The number of thiophene rings is 2. The first-order valence-electron chi connectivity index (χ1n) is 7.13. The summed E-state index contributed by atoms with van der Waals surface area (Å²) in [6, 6.07) is 12.2. The lowest BCUT2D eigenvalue weighted by atomic mass is 9.82. The van der Waals surface area contributed by atoms with E-state index >= 15 is 0 Å². The molecule has 0 aliphatic carbocycles. The molecule has 0 aliphatic rings. The van der Waals surface area contributed by atoms with Gasteiger partial charge in [-0.05, 0) is 34.9 Å². The predicted octanol–water partition coefficient (Wildman–Crippen LogP) is 5.88. The van der Waals surface area contributed by atoms with Gasteiger partial charge in [-0.1, -0.05) is 45.0 Å². The smallest absolute Gasteiger partial charge is 0.203 e. The third-order valence-electron chi connectivity index (χ3n) is 4.18. The minimum atomic E-state index is 0.129. The van der Waals surface area contributed by atoms with Crippen molar-refractivity contribution in [2.75, 3.05) is 0 Å². The van der Waals surface area contributed by atoms with Crippen molar-refractivity contribution in [1.29, 1.82) is 0 Å². The topological polar surface area (TPSA) is 17.1 Å². The van der Waals surface area contributed by atoms with Gasteiger partial charge in [-0.3, -0.25) is 4.79 Å². The van der Waals surface area contributed by atoms with E-state index in [0.29, 0.717) is 0 Å². The van der Waals surface area contributed by atoms with Gasteiger partial charge in [-0.15, -0.1) is 22.7 Å². The summed E-state index contributed by atoms with van der Waals surface area (Å²) < 4.78 is 2.40. The Morgan fingerprint density at radius 3 is 2.43 bits per heavy atom. The molecule has 1 aromatic carbocycles. The van der Waals surface area contributed by atoms with Crippen molar-refractivity contribution >= 4 is 37.9 Å². The van der Waals surface area contributed by atoms with Crippen LogP contribution in [0.2, 0.25) is 0 Å². The normalized spacial score (nSPS) is 12.0. The van der Waals surface area contributed by atoms with Crippen molar-refractivity contribution in [3.63, 3.8) is 0 Å². The number of ketones is 1.